The molecule has 0 spiro atoms. The van der Waals surface area contributed by atoms with Gasteiger partial charge in [-0.05, 0) is 46.4 Å². The molecule has 5 nitrogen and oxygen atoms in total. The summed E-state index contributed by atoms with van der Waals surface area (Å²) in [6, 6.07) is 10.7. The number of rotatable bonds is 5. The van der Waals surface area contributed by atoms with Crippen LogP contribution in [0.3, 0.4) is 0 Å². The van der Waals surface area contributed by atoms with Crippen LogP contribution < -0.4 is 4.72 Å². The number of carbonyl (C=O) groups is 1. The lowest BCUT2D eigenvalue weighted by Crippen LogP contribution is -2.17. The van der Waals surface area contributed by atoms with Gasteiger partial charge in [0, 0.05) is 30.7 Å². The van der Waals surface area contributed by atoms with Gasteiger partial charge in [-0.2, -0.15) is 0 Å². The van der Waals surface area contributed by atoms with E-state index in [4.69, 9.17) is 23.2 Å². The zero-order valence-electron chi connectivity index (χ0n) is 20.3. The molecular formula is C28H23Cl2FN2O3S. The molecule has 1 aliphatic rings. The van der Waals surface area contributed by atoms with Crippen LogP contribution in [-0.4, -0.2) is 21.8 Å². The molecule has 9 heteroatoms. The van der Waals surface area contributed by atoms with Crippen LogP contribution in [-0.2, 0) is 23.2 Å². The minimum absolute atomic E-state index is 0.0318. The van der Waals surface area contributed by atoms with Gasteiger partial charge in [-0.1, -0.05) is 67.9 Å². The molecule has 0 saturated heterocycles. The highest BCUT2D eigenvalue weighted by Gasteiger charge is 2.26. The Balaban J connectivity index is 1.83. The van der Waals surface area contributed by atoms with E-state index in [0.717, 1.165) is 0 Å². The fraction of sp³-hybridized carbons (Fsp3) is 0.214. The minimum atomic E-state index is -1.84. The third-order valence-corrected chi connectivity index (χ3v) is 7.74. The standard InChI is InChI=1S/C28H23Cl2FN2O3S/c1-28(2,3)20-11-8-16(15-22(20)31)37(36)33-23-13-12-21(29)25(30)24(23)17-9-10-19(27(34)35)26-18(17)7-5-4-6-14-32-26/h8-15,33H,6-7H2,1-3H3,(H,34,35)/b32-14-. The van der Waals surface area contributed by atoms with Gasteiger partial charge in [-0.15, -0.1) is 0 Å². The lowest BCUT2D eigenvalue weighted by Gasteiger charge is -2.21. The van der Waals surface area contributed by atoms with Crippen molar-refractivity contribution in [1.82, 2.24) is 0 Å². The number of anilines is 1. The van der Waals surface area contributed by atoms with Gasteiger partial charge in [0.25, 0.3) is 0 Å². The fourth-order valence-electron chi connectivity index (χ4n) is 4.05. The van der Waals surface area contributed by atoms with Crippen LogP contribution in [0, 0.1) is 17.7 Å². The largest absolute Gasteiger partial charge is 0.588 e. The van der Waals surface area contributed by atoms with Gasteiger partial charge < -0.3 is 9.66 Å². The quantitative estimate of drug-likeness (QED) is 0.250. The second-order valence-corrected chi connectivity index (χ2v) is 11.4. The maximum absolute atomic E-state index is 14.8. The van der Waals surface area contributed by atoms with E-state index in [0.29, 0.717) is 34.4 Å². The smallest absolute Gasteiger partial charge is 0.337 e. The van der Waals surface area contributed by atoms with Crippen molar-refractivity contribution >= 4 is 58.1 Å². The van der Waals surface area contributed by atoms with E-state index in [1.165, 1.54) is 12.1 Å². The molecule has 0 amide bonds. The molecule has 1 aliphatic heterocycles. The number of aliphatic imine (C=N–C) groups is 1. The Morgan fingerprint density at radius 1 is 1.16 bits per heavy atom. The molecule has 0 fully saturated rings. The monoisotopic (exact) mass is 556 g/mol. The summed E-state index contributed by atoms with van der Waals surface area (Å²) < 4.78 is 31.0. The molecule has 37 heavy (non-hydrogen) atoms. The molecule has 0 aromatic heterocycles. The number of nitrogens with one attached hydrogen (secondary N) is 1. The molecule has 0 aliphatic carbocycles. The van der Waals surface area contributed by atoms with Crippen LogP contribution in [0.25, 0.3) is 11.1 Å². The zero-order chi connectivity index (χ0) is 26.9. The van der Waals surface area contributed by atoms with Crippen LogP contribution in [0.15, 0.2) is 52.4 Å². The second-order valence-electron chi connectivity index (χ2n) is 9.39. The molecule has 2 N–H and O–H groups in total. The molecular weight excluding hydrogens is 534 g/mol. The predicted octanol–water partition coefficient (Wildman–Crippen LogP) is 7.58. The number of benzene rings is 3. The fourth-order valence-corrected chi connectivity index (χ4v) is 5.37. The van der Waals surface area contributed by atoms with Crippen LogP contribution in [0.4, 0.5) is 15.8 Å². The van der Waals surface area contributed by atoms with Crippen molar-refractivity contribution in [1.29, 1.82) is 0 Å². The number of fused-ring (bicyclic) bond motifs is 1. The first-order valence-electron chi connectivity index (χ1n) is 11.3. The molecule has 190 valence electrons. The number of hydrogen-bond donors (Lipinski definition) is 2. The van der Waals surface area contributed by atoms with Crippen LogP contribution in [0.2, 0.25) is 10.0 Å². The first-order chi connectivity index (χ1) is 17.5. The van der Waals surface area contributed by atoms with E-state index in [-0.39, 0.29) is 32.6 Å². The van der Waals surface area contributed by atoms with Gasteiger partial charge in [-0.3, -0.25) is 4.99 Å². The summed E-state index contributed by atoms with van der Waals surface area (Å²) >= 11 is 11.2. The summed E-state index contributed by atoms with van der Waals surface area (Å²) in [6.07, 6.45) is 2.19. The van der Waals surface area contributed by atoms with E-state index in [9.17, 15) is 18.8 Å². The summed E-state index contributed by atoms with van der Waals surface area (Å²) in [5.41, 5.74) is 2.32. The molecule has 0 saturated carbocycles. The van der Waals surface area contributed by atoms with Crippen LogP contribution >= 0.6 is 23.2 Å². The lowest BCUT2D eigenvalue weighted by molar-refractivity contribution is 0.0697. The lowest BCUT2D eigenvalue weighted by atomic mass is 9.87. The van der Waals surface area contributed by atoms with Crippen LogP contribution in [0.5, 0.6) is 0 Å². The highest BCUT2D eigenvalue weighted by molar-refractivity contribution is 7.92. The van der Waals surface area contributed by atoms with Crippen molar-refractivity contribution in [2.45, 2.75) is 43.9 Å². The highest BCUT2D eigenvalue weighted by atomic mass is 35.5. The Morgan fingerprint density at radius 2 is 1.92 bits per heavy atom. The molecule has 1 heterocycles. The summed E-state index contributed by atoms with van der Waals surface area (Å²) in [6.45, 7) is 5.70. The molecule has 3 aromatic rings. The van der Waals surface area contributed by atoms with E-state index < -0.39 is 28.6 Å². The Bertz CT molecular complexity index is 1490. The van der Waals surface area contributed by atoms with Crippen molar-refractivity contribution in [3.63, 3.8) is 0 Å². The molecule has 3 aromatic carbocycles. The summed E-state index contributed by atoms with van der Waals surface area (Å²) in [7, 11) is 0. The third kappa shape index (κ3) is 5.63. The second kappa shape index (κ2) is 10.8. The molecule has 4 rings (SSSR count). The van der Waals surface area contributed by atoms with Gasteiger partial charge >= 0.3 is 5.97 Å². The van der Waals surface area contributed by atoms with E-state index >= 15 is 0 Å². The maximum atomic E-state index is 14.8. The topological polar surface area (TPSA) is 84.8 Å². The van der Waals surface area contributed by atoms with E-state index in [2.05, 4.69) is 21.6 Å². The first kappa shape index (κ1) is 27.0. The minimum Gasteiger partial charge on any atom is -0.588 e. The maximum Gasteiger partial charge on any atom is 0.337 e. The normalized spacial score (nSPS) is 14.5. The van der Waals surface area contributed by atoms with Gasteiger partial charge in [0.2, 0.25) is 0 Å². The number of carboxylic acids is 1. The van der Waals surface area contributed by atoms with Crippen molar-refractivity contribution < 1.29 is 18.8 Å². The molecule has 1 unspecified atom stereocenters. The van der Waals surface area contributed by atoms with E-state index in [1.54, 1.807) is 36.5 Å². The number of halogens is 3. The predicted molar refractivity (Wildman–Crippen MR) is 148 cm³/mol. The zero-order valence-corrected chi connectivity index (χ0v) is 22.6. The van der Waals surface area contributed by atoms with Gasteiger partial charge in [0.05, 0.1) is 27.0 Å². The SMILES string of the molecule is CC(C)(C)c1ccc([S+]([O-])Nc2ccc(Cl)c(Cl)c2-c2ccc(C(=O)O)c3c2CC#CC/C=N\3)cc1F. The third-order valence-electron chi connectivity index (χ3n) is 5.85. The van der Waals surface area contributed by atoms with Crippen molar-refractivity contribution in [3.05, 3.63) is 75.0 Å². The van der Waals surface area contributed by atoms with Crippen LogP contribution in [0.1, 0.15) is 48.7 Å². The van der Waals surface area contributed by atoms with Gasteiger partial charge in [0.1, 0.15) is 17.2 Å². The van der Waals surface area contributed by atoms with Crippen molar-refractivity contribution in [2.24, 2.45) is 4.99 Å². The average molecular weight is 557 g/mol. The Kier molecular flexibility index (Phi) is 7.86. The Hall–Kier alpha value is -3.02. The number of aromatic carboxylic acids is 1. The van der Waals surface area contributed by atoms with Gasteiger partial charge in [0.15, 0.2) is 4.90 Å². The summed E-state index contributed by atoms with van der Waals surface area (Å²) in [5, 5.41) is 10.2. The first-order valence-corrected chi connectivity index (χ1v) is 13.2. The van der Waals surface area contributed by atoms with Crippen molar-refractivity contribution in [2.75, 3.05) is 4.72 Å². The highest BCUT2D eigenvalue weighted by Crippen LogP contribution is 2.44. The average Bonchev–Trinajstić information content (AvgIpc) is 2.80. The number of carboxylic acid groups (broad SMARTS) is 1. The summed E-state index contributed by atoms with van der Waals surface area (Å²) in [5.74, 6) is 4.43. The molecule has 1 atom stereocenters. The molecule has 0 bridgehead atoms. The van der Waals surface area contributed by atoms with Crippen molar-refractivity contribution in [3.8, 4) is 23.0 Å². The Morgan fingerprint density at radius 3 is 2.59 bits per heavy atom. The summed E-state index contributed by atoms with van der Waals surface area (Å²) in [4.78, 5) is 16.5. The number of nitrogens with zero attached hydrogens (tertiary/aromatic N) is 1. The molecule has 0 radical (unpaired) electrons. The van der Waals surface area contributed by atoms with Gasteiger partial charge in [-0.25, -0.2) is 13.9 Å². The number of hydrogen-bond acceptors (Lipinski definition) is 4. The van der Waals surface area contributed by atoms with E-state index in [1.807, 2.05) is 20.8 Å². The Labute approximate surface area is 228 Å².